The van der Waals surface area contributed by atoms with Crippen molar-refractivity contribution in [2.24, 2.45) is 11.3 Å². The number of aromatic nitrogens is 1. The number of hydrogen-bond acceptors (Lipinski definition) is 2. The molecule has 1 aromatic heterocycles. The van der Waals surface area contributed by atoms with Gasteiger partial charge < -0.3 is 8.99 Å². The number of halogens is 1. The van der Waals surface area contributed by atoms with E-state index in [-0.39, 0.29) is 16.4 Å². The first kappa shape index (κ1) is 24.5. The van der Waals surface area contributed by atoms with Gasteiger partial charge in [0.1, 0.15) is 0 Å². The molecule has 1 aromatic carbocycles. The second-order valence-electron chi connectivity index (χ2n) is 11.7. The maximum Gasteiger partial charge on any atom is 0.192 e. The molecule has 5 heteroatoms. The van der Waals surface area contributed by atoms with Gasteiger partial charge in [0.25, 0.3) is 0 Å². The van der Waals surface area contributed by atoms with Gasteiger partial charge in [-0.25, -0.2) is 0 Å². The smallest absolute Gasteiger partial charge is 0.192 e. The van der Waals surface area contributed by atoms with Crippen LogP contribution in [0.1, 0.15) is 71.8 Å². The topological polar surface area (TPSA) is 38.0 Å². The average molecular weight is 504 g/mol. The second kappa shape index (κ2) is 9.04. The molecule has 0 amide bonds. The molecule has 3 nitrogen and oxygen atoms in total. The van der Waals surface area contributed by atoms with E-state index in [1.54, 1.807) is 0 Å². The zero-order valence-corrected chi connectivity index (χ0v) is 23.0. The van der Waals surface area contributed by atoms with Gasteiger partial charge in [-0.1, -0.05) is 69.5 Å². The van der Waals surface area contributed by atoms with Gasteiger partial charge in [0.2, 0.25) is 0 Å². The maximum absolute atomic E-state index is 10.1. The Labute approximate surface area is 198 Å². The van der Waals surface area contributed by atoms with E-state index in [1.165, 1.54) is 42.1 Å². The van der Waals surface area contributed by atoms with Crippen molar-refractivity contribution < 1.29 is 4.43 Å². The summed E-state index contributed by atoms with van der Waals surface area (Å²) in [6, 6.07) is 9.15. The van der Waals surface area contributed by atoms with Gasteiger partial charge in [-0.3, -0.25) is 0 Å². The normalized spacial score (nSPS) is 17.3. The van der Waals surface area contributed by atoms with Crippen molar-refractivity contribution in [2.75, 3.05) is 6.61 Å². The third-order valence-electron chi connectivity index (χ3n) is 7.45. The number of fused-ring (bicyclic) bond motifs is 1. The number of rotatable bonds is 7. The summed E-state index contributed by atoms with van der Waals surface area (Å²) < 4.78 is 10.0. The second-order valence-corrected chi connectivity index (χ2v) is 17.5. The first-order valence-corrected chi connectivity index (χ1v) is 15.4. The minimum Gasteiger partial charge on any atom is -0.416 e. The first-order valence-electron chi connectivity index (χ1n) is 11.7. The van der Waals surface area contributed by atoms with Crippen LogP contribution in [-0.4, -0.2) is 19.5 Å². The highest BCUT2D eigenvalue weighted by molar-refractivity contribution is 9.10. The zero-order chi connectivity index (χ0) is 23.0. The highest BCUT2D eigenvalue weighted by Gasteiger charge is 2.38. The molecule has 2 aromatic rings. The minimum atomic E-state index is -1.79. The first-order chi connectivity index (χ1) is 14.3. The highest BCUT2D eigenvalue weighted by Crippen LogP contribution is 2.42. The van der Waals surface area contributed by atoms with E-state index in [1.807, 2.05) is 0 Å². The zero-order valence-electron chi connectivity index (χ0n) is 20.4. The number of nitrogens with zero attached hydrogens (tertiary/aromatic N) is 2. The average Bonchev–Trinajstić information content (AvgIpc) is 3.29. The van der Waals surface area contributed by atoms with Gasteiger partial charge in [-0.15, -0.1) is 0 Å². The molecule has 1 saturated carbocycles. The molecule has 1 heterocycles. The standard InChI is InChI=1S/C26H39BrN2OSi/c1-25(2,3)31(6,7)30-18-26(4,5)17-29-16-23(21-13-12-20(27)14-24(21)29)22(15-28)19-10-8-9-11-19/h12-14,16,19,22H,8-11,17-18H2,1-7H3. The summed E-state index contributed by atoms with van der Waals surface area (Å²) in [5, 5.41) is 11.5. The Morgan fingerprint density at radius 1 is 1.19 bits per heavy atom. The minimum absolute atomic E-state index is 0.00342. The molecular weight excluding hydrogens is 464 g/mol. The molecule has 0 N–H and O–H groups in total. The fourth-order valence-electron chi connectivity index (χ4n) is 4.49. The van der Waals surface area contributed by atoms with E-state index >= 15 is 0 Å². The fourth-order valence-corrected chi connectivity index (χ4v) is 6.02. The molecule has 170 valence electrons. The molecule has 3 rings (SSSR count). The number of hydrogen-bond donors (Lipinski definition) is 0. The summed E-state index contributed by atoms with van der Waals surface area (Å²) in [4.78, 5) is 0. The van der Waals surface area contributed by atoms with Gasteiger partial charge in [0, 0.05) is 40.1 Å². The number of nitriles is 1. The van der Waals surface area contributed by atoms with Gasteiger partial charge in [0.15, 0.2) is 8.32 Å². The molecule has 1 atom stereocenters. The molecule has 0 bridgehead atoms. The van der Waals surface area contributed by atoms with Crippen LogP contribution in [-0.2, 0) is 11.0 Å². The molecular formula is C26H39BrN2OSi. The van der Waals surface area contributed by atoms with E-state index in [0.717, 1.165) is 17.6 Å². The largest absolute Gasteiger partial charge is 0.416 e. The summed E-state index contributed by atoms with van der Waals surface area (Å²) in [6.07, 6.45) is 7.12. The lowest BCUT2D eigenvalue weighted by molar-refractivity contribution is 0.147. The predicted molar refractivity (Wildman–Crippen MR) is 137 cm³/mol. The molecule has 1 aliphatic carbocycles. The number of benzene rings is 1. The maximum atomic E-state index is 10.1. The van der Waals surface area contributed by atoms with Crippen LogP contribution < -0.4 is 0 Å². The van der Waals surface area contributed by atoms with E-state index in [0.29, 0.717) is 5.92 Å². The molecule has 0 aliphatic heterocycles. The summed E-state index contributed by atoms with van der Waals surface area (Å²) in [6.45, 7) is 17.7. The van der Waals surface area contributed by atoms with E-state index in [2.05, 4.69) is 98.7 Å². The van der Waals surface area contributed by atoms with Crippen LogP contribution in [0.4, 0.5) is 0 Å². The van der Waals surface area contributed by atoms with Crippen molar-refractivity contribution in [3.63, 3.8) is 0 Å². The molecule has 1 aliphatic rings. The molecule has 1 unspecified atom stereocenters. The Balaban J connectivity index is 1.91. The molecule has 0 spiro atoms. The van der Waals surface area contributed by atoms with Crippen LogP contribution in [0.2, 0.25) is 18.1 Å². The van der Waals surface area contributed by atoms with Gasteiger partial charge >= 0.3 is 0 Å². The van der Waals surface area contributed by atoms with Crippen molar-refractivity contribution in [1.82, 2.24) is 4.57 Å². The van der Waals surface area contributed by atoms with Crippen molar-refractivity contribution in [2.45, 2.75) is 90.9 Å². The quantitative estimate of drug-likeness (QED) is 0.357. The van der Waals surface area contributed by atoms with E-state index < -0.39 is 8.32 Å². The van der Waals surface area contributed by atoms with Crippen LogP contribution in [0, 0.1) is 22.7 Å². The monoisotopic (exact) mass is 502 g/mol. The van der Waals surface area contributed by atoms with Crippen LogP contribution >= 0.6 is 15.9 Å². The van der Waals surface area contributed by atoms with Crippen LogP contribution in [0.15, 0.2) is 28.9 Å². The summed E-state index contributed by atoms with van der Waals surface area (Å²) in [5.74, 6) is 0.474. The third-order valence-corrected chi connectivity index (χ3v) is 12.4. The Morgan fingerprint density at radius 3 is 2.42 bits per heavy atom. The predicted octanol–water partition coefficient (Wildman–Crippen LogP) is 8.25. The van der Waals surface area contributed by atoms with Gasteiger partial charge in [-0.05, 0) is 54.6 Å². The Morgan fingerprint density at radius 2 is 1.84 bits per heavy atom. The highest BCUT2D eigenvalue weighted by atomic mass is 79.9. The molecule has 0 saturated heterocycles. The lowest BCUT2D eigenvalue weighted by Gasteiger charge is -2.39. The summed E-state index contributed by atoms with van der Waals surface area (Å²) in [7, 11) is -1.79. The van der Waals surface area contributed by atoms with Gasteiger partial charge in [0.05, 0.1) is 12.0 Å². The summed E-state index contributed by atoms with van der Waals surface area (Å²) in [5.41, 5.74) is 2.41. The lowest BCUT2D eigenvalue weighted by atomic mass is 9.86. The molecule has 0 radical (unpaired) electrons. The van der Waals surface area contributed by atoms with E-state index in [4.69, 9.17) is 4.43 Å². The Kier molecular flexibility index (Phi) is 7.16. The Hall–Kier alpha value is -1.09. The van der Waals surface area contributed by atoms with E-state index in [9.17, 15) is 5.26 Å². The fraction of sp³-hybridized carbons (Fsp3) is 0.654. The van der Waals surface area contributed by atoms with Crippen LogP contribution in [0.3, 0.4) is 0 Å². The van der Waals surface area contributed by atoms with Crippen molar-refractivity contribution in [3.05, 3.63) is 34.4 Å². The lowest BCUT2D eigenvalue weighted by Crippen LogP contribution is -2.43. The SMILES string of the molecule is CC(C)(CO[Si](C)(C)C(C)(C)C)Cn1cc(C(C#N)C2CCCC2)c2ccc(Br)cc21. The van der Waals surface area contributed by atoms with Crippen molar-refractivity contribution >= 4 is 35.2 Å². The van der Waals surface area contributed by atoms with Crippen molar-refractivity contribution in [3.8, 4) is 6.07 Å². The van der Waals surface area contributed by atoms with Gasteiger partial charge in [-0.2, -0.15) is 5.26 Å². The van der Waals surface area contributed by atoms with Crippen LogP contribution in [0.5, 0.6) is 0 Å². The Bertz CT molecular complexity index is 958. The summed E-state index contributed by atoms with van der Waals surface area (Å²) >= 11 is 3.66. The molecule has 1 fully saturated rings. The van der Waals surface area contributed by atoms with Crippen LogP contribution in [0.25, 0.3) is 10.9 Å². The third kappa shape index (κ3) is 5.46. The molecule has 31 heavy (non-hydrogen) atoms. The van der Waals surface area contributed by atoms with Crippen molar-refractivity contribution in [1.29, 1.82) is 5.26 Å².